The first-order valence-electron chi connectivity index (χ1n) is 6.50. The van der Waals surface area contributed by atoms with Crippen LogP contribution in [-0.4, -0.2) is 10.8 Å². The molecule has 2 aromatic rings. The van der Waals surface area contributed by atoms with E-state index in [0.717, 1.165) is 5.56 Å². The highest BCUT2D eigenvalue weighted by molar-refractivity contribution is 5.92. The number of nitrogens with zero attached hydrogens (tertiary/aromatic N) is 1. The summed E-state index contributed by atoms with van der Waals surface area (Å²) in [5, 5.41) is 16.4. The molecule has 0 fully saturated rings. The SMILES string of the molecule is CC(=O)Nc1cc(NCc2ccc(F)cc2)ccc1[N+](=O)[O-]. The molecule has 0 heterocycles. The highest BCUT2D eigenvalue weighted by Gasteiger charge is 2.15. The number of benzene rings is 2. The molecule has 6 nitrogen and oxygen atoms in total. The summed E-state index contributed by atoms with van der Waals surface area (Å²) >= 11 is 0. The first kappa shape index (κ1) is 15.4. The Morgan fingerprint density at radius 3 is 2.50 bits per heavy atom. The van der Waals surface area contributed by atoms with Crippen LogP contribution in [0.3, 0.4) is 0 Å². The molecule has 0 atom stereocenters. The van der Waals surface area contributed by atoms with E-state index in [1.807, 2.05) is 0 Å². The first-order valence-corrected chi connectivity index (χ1v) is 6.50. The van der Waals surface area contributed by atoms with Gasteiger partial charge in [0.25, 0.3) is 5.69 Å². The number of nitrogens with one attached hydrogen (secondary N) is 2. The smallest absolute Gasteiger partial charge is 0.292 e. The largest absolute Gasteiger partial charge is 0.381 e. The van der Waals surface area contributed by atoms with Crippen molar-refractivity contribution < 1.29 is 14.1 Å². The fourth-order valence-corrected chi connectivity index (χ4v) is 1.90. The van der Waals surface area contributed by atoms with Crippen LogP contribution in [-0.2, 0) is 11.3 Å². The van der Waals surface area contributed by atoms with Gasteiger partial charge in [0.05, 0.1) is 4.92 Å². The van der Waals surface area contributed by atoms with Crippen molar-refractivity contribution >= 4 is 23.0 Å². The molecule has 0 aliphatic carbocycles. The van der Waals surface area contributed by atoms with Crippen molar-refractivity contribution in [3.8, 4) is 0 Å². The van der Waals surface area contributed by atoms with Gasteiger partial charge in [0.1, 0.15) is 11.5 Å². The molecule has 0 saturated heterocycles. The van der Waals surface area contributed by atoms with Gasteiger partial charge in [-0.2, -0.15) is 0 Å². The predicted octanol–water partition coefficient (Wildman–Crippen LogP) is 3.30. The minimum atomic E-state index is -0.560. The van der Waals surface area contributed by atoms with Gasteiger partial charge >= 0.3 is 0 Å². The molecular formula is C15H14FN3O3. The number of carbonyl (C=O) groups excluding carboxylic acids is 1. The van der Waals surface area contributed by atoms with Gasteiger partial charge in [-0.3, -0.25) is 14.9 Å². The van der Waals surface area contributed by atoms with Crippen LogP contribution in [0.15, 0.2) is 42.5 Å². The summed E-state index contributed by atoms with van der Waals surface area (Å²) in [6.45, 7) is 1.71. The molecule has 0 saturated carbocycles. The molecule has 2 N–H and O–H groups in total. The maximum atomic E-state index is 12.8. The molecule has 1 amide bonds. The number of nitro groups is 1. The van der Waals surface area contributed by atoms with Gasteiger partial charge in [0.15, 0.2) is 0 Å². The van der Waals surface area contributed by atoms with Crippen LogP contribution in [0.4, 0.5) is 21.5 Å². The van der Waals surface area contributed by atoms with E-state index >= 15 is 0 Å². The van der Waals surface area contributed by atoms with Gasteiger partial charge in [0, 0.05) is 25.2 Å². The van der Waals surface area contributed by atoms with E-state index in [1.54, 1.807) is 18.2 Å². The second kappa shape index (κ2) is 6.66. The van der Waals surface area contributed by atoms with Crippen molar-refractivity contribution in [1.82, 2.24) is 0 Å². The Kier molecular flexibility index (Phi) is 4.67. The zero-order valence-corrected chi connectivity index (χ0v) is 11.8. The quantitative estimate of drug-likeness (QED) is 0.655. The number of halogens is 1. The Hall–Kier alpha value is -2.96. The van der Waals surface area contributed by atoms with Crippen molar-refractivity contribution in [3.05, 3.63) is 64.0 Å². The molecule has 2 aromatic carbocycles. The fraction of sp³-hybridized carbons (Fsp3) is 0.133. The Morgan fingerprint density at radius 2 is 1.91 bits per heavy atom. The second-order valence-corrected chi connectivity index (χ2v) is 4.65. The minimum absolute atomic E-state index is 0.126. The number of hydrogen-bond donors (Lipinski definition) is 2. The molecule has 0 unspecified atom stereocenters. The number of anilines is 2. The zero-order chi connectivity index (χ0) is 16.1. The predicted molar refractivity (Wildman–Crippen MR) is 81.1 cm³/mol. The van der Waals surface area contributed by atoms with E-state index < -0.39 is 10.8 Å². The van der Waals surface area contributed by atoms with Crippen molar-refractivity contribution in [2.24, 2.45) is 0 Å². The summed E-state index contributed by atoms with van der Waals surface area (Å²) in [4.78, 5) is 21.5. The average molecular weight is 303 g/mol. The first-order chi connectivity index (χ1) is 10.5. The topological polar surface area (TPSA) is 84.3 Å². The number of carbonyl (C=O) groups is 1. The van der Waals surface area contributed by atoms with Crippen LogP contribution < -0.4 is 10.6 Å². The summed E-state index contributed by atoms with van der Waals surface area (Å²) in [6, 6.07) is 10.4. The summed E-state index contributed by atoms with van der Waals surface area (Å²) in [6.07, 6.45) is 0. The fourth-order valence-electron chi connectivity index (χ4n) is 1.90. The normalized spacial score (nSPS) is 10.1. The lowest BCUT2D eigenvalue weighted by molar-refractivity contribution is -0.383. The molecule has 114 valence electrons. The highest BCUT2D eigenvalue weighted by Crippen LogP contribution is 2.28. The molecule has 7 heteroatoms. The van der Waals surface area contributed by atoms with Crippen molar-refractivity contribution in [1.29, 1.82) is 0 Å². The Labute approximate surface area is 126 Å². The number of amides is 1. The van der Waals surface area contributed by atoms with Crippen LogP contribution >= 0.6 is 0 Å². The Morgan fingerprint density at radius 1 is 1.23 bits per heavy atom. The maximum Gasteiger partial charge on any atom is 0.292 e. The van der Waals surface area contributed by atoms with Crippen LogP contribution in [0.2, 0.25) is 0 Å². The van der Waals surface area contributed by atoms with Gasteiger partial charge in [-0.15, -0.1) is 0 Å². The van der Waals surface area contributed by atoms with E-state index in [4.69, 9.17) is 0 Å². The number of nitro benzene ring substituents is 1. The number of hydrogen-bond acceptors (Lipinski definition) is 4. The van der Waals surface area contributed by atoms with E-state index in [1.165, 1.54) is 31.2 Å². The van der Waals surface area contributed by atoms with Gasteiger partial charge < -0.3 is 10.6 Å². The number of rotatable bonds is 5. The monoisotopic (exact) mass is 303 g/mol. The molecule has 22 heavy (non-hydrogen) atoms. The molecule has 0 spiro atoms. The molecule has 0 bridgehead atoms. The molecule has 0 radical (unpaired) electrons. The summed E-state index contributed by atoms with van der Waals surface area (Å²) in [5.41, 5.74) is 1.42. The van der Waals surface area contributed by atoms with E-state index in [9.17, 15) is 19.3 Å². The van der Waals surface area contributed by atoms with E-state index in [2.05, 4.69) is 10.6 Å². The van der Waals surface area contributed by atoms with Gasteiger partial charge in [-0.1, -0.05) is 12.1 Å². The Bertz CT molecular complexity index is 702. The molecule has 2 rings (SSSR count). The highest BCUT2D eigenvalue weighted by atomic mass is 19.1. The average Bonchev–Trinajstić information content (AvgIpc) is 2.46. The zero-order valence-electron chi connectivity index (χ0n) is 11.8. The second-order valence-electron chi connectivity index (χ2n) is 4.65. The van der Waals surface area contributed by atoms with Crippen LogP contribution in [0, 0.1) is 15.9 Å². The van der Waals surface area contributed by atoms with Gasteiger partial charge in [0.2, 0.25) is 5.91 Å². The minimum Gasteiger partial charge on any atom is -0.381 e. The van der Waals surface area contributed by atoms with Gasteiger partial charge in [-0.05, 0) is 29.8 Å². The van der Waals surface area contributed by atoms with E-state index in [0.29, 0.717) is 12.2 Å². The van der Waals surface area contributed by atoms with Crippen molar-refractivity contribution in [2.75, 3.05) is 10.6 Å². The van der Waals surface area contributed by atoms with Crippen LogP contribution in [0.25, 0.3) is 0 Å². The lowest BCUT2D eigenvalue weighted by Gasteiger charge is -2.09. The summed E-state index contributed by atoms with van der Waals surface area (Å²) < 4.78 is 12.8. The summed E-state index contributed by atoms with van der Waals surface area (Å²) in [7, 11) is 0. The molecule has 0 aromatic heterocycles. The third-order valence-corrected chi connectivity index (χ3v) is 2.91. The van der Waals surface area contributed by atoms with Crippen LogP contribution in [0.5, 0.6) is 0 Å². The Balaban J connectivity index is 2.15. The summed E-state index contributed by atoms with van der Waals surface area (Å²) in [5.74, 6) is -0.703. The van der Waals surface area contributed by atoms with Crippen molar-refractivity contribution in [3.63, 3.8) is 0 Å². The third-order valence-electron chi connectivity index (χ3n) is 2.91. The lowest BCUT2D eigenvalue weighted by Crippen LogP contribution is -2.09. The molecule has 0 aliphatic rings. The molecular weight excluding hydrogens is 289 g/mol. The standard InChI is InChI=1S/C15H14FN3O3/c1-10(20)18-14-8-13(6-7-15(14)19(21)22)17-9-11-2-4-12(16)5-3-11/h2-8,17H,9H2,1H3,(H,18,20). The lowest BCUT2D eigenvalue weighted by atomic mass is 10.2. The maximum absolute atomic E-state index is 12.8. The third kappa shape index (κ3) is 4.02. The van der Waals surface area contributed by atoms with Crippen LogP contribution in [0.1, 0.15) is 12.5 Å². The van der Waals surface area contributed by atoms with E-state index in [-0.39, 0.29) is 17.2 Å². The van der Waals surface area contributed by atoms with Gasteiger partial charge in [-0.25, -0.2) is 4.39 Å². The van der Waals surface area contributed by atoms with Crippen molar-refractivity contribution in [2.45, 2.75) is 13.5 Å². The molecule has 0 aliphatic heterocycles.